The first-order chi connectivity index (χ1) is 15.6. The number of benzene rings is 2. The van der Waals surface area contributed by atoms with E-state index in [1.54, 1.807) is 0 Å². The minimum Gasteiger partial charge on any atom is -0.342 e. The van der Waals surface area contributed by atoms with Gasteiger partial charge in [0, 0.05) is 11.3 Å². The molecule has 0 atom stereocenters. The topological polar surface area (TPSA) is 57.4 Å². The summed E-state index contributed by atoms with van der Waals surface area (Å²) in [5.41, 5.74) is 2.60. The second kappa shape index (κ2) is 7.89. The fraction of sp³-hybridized carbons (Fsp3) is 0.500. The van der Waals surface area contributed by atoms with Crippen LogP contribution in [-0.2, 0) is 16.2 Å². The monoisotopic (exact) mass is 466 g/mol. The Kier molecular flexibility index (Phi) is 5.66. The molecule has 4 aromatic rings. The average molecular weight is 467 g/mol. The maximum Gasteiger partial charge on any atom is 0.154 e. The second-order valence-corrected chi connectivity index (χ2v) is 12.2. The maximum absolute atomic E-state index is 15.6. The number of nitrogens with one attached hydrogen (secondary N) is 2. The van der Waals surface area contributed by atoms with Gasteiger partial charge < -0.3 is 9.97 Å². The largest absolute Gasteiger partial charge is 0.342 e. The third kappa shape index (κ3) is 4.23. The van der Waals surface area contributed by atoms with Gasteiger partial charge in [-0.1, -0.05) is 68.4 Å². The average Bonchev–Trinajstić information content (AvgIpc) is 3.30. The van der Waals surface area contributed by atoms with E-state index in [1.807, 2.05) is 52.8 Å². The molecule has 0 unspecified atom stereocenters. The Labute approximate surface area is 200 Å². The van der Waals surface area contributed by atoms with E-state index < -0.39 is 10.8 Å². The number of halogens is 2. The minimum absolute atomic E-state index is 0.193. The number of imidazole rings is 2. The first-order valence-corrected chi connectivity index (χ1v) is 12.0. The maximum atomic E-state index is 15.6. The zero-order valence-corrected chi connectivity index (χ0v) is 21.7. The molecule has 0 aliphatic carbocycles. The Morgan fingerprint density at radius 1 is 0.824 bits per heavy atom. The van der Waals surface area contributed by atoms with Gasteiger partial charge in [-0.15, -0.1) is 0 Å². The highest BCUT2D eigenvalue weighted by atomic mass is 19.1. The zero-order chi connectivity index (χ0) is 25.2. The van der Waals surface area contributed by atoms with Crippen molar-refractivity contribution in [3.8, 4) is 0 Å². The third-order valence-electron chi connectivity index (χ3n) is 6.79. The van der Waals surface area contributed by atoms with Crippen LogP contribution in [0, 0.1) is 11.6 Å². The molecule has 4 nitrogen and oxygen atoms in total. The molecule has 0 amide bonds. The molecule has 0 saturated heterocycles. The summed E-state index contributed by atoms with van der Waals surface area (Å²) in [5.74, 6) is 1.24. The second-order valence-electron chi connectivity index (χ2n) is 12.2. The molecule has 2 aromatic carbocycles. The van der Waals surface area contributed by atoms with E-state index >= 15 is 4.39 Å². The van der Waals surface area contributed by atoms with Crippen LogP contribution in [0.15, 0.2) is 24.3 Å². The van der Waals surface area contributed by atoms with Gasteiger partial charge in [-0.25, -0.2) is 18.7 Å². The van der Waals surface area contributed by atoms with E-state index in [4.69, 9.17) is 4.98 Å². The molecular weight excluding hydrogens is 430 g/mol. The summed E-state index contributed by atoms with van der Waals surface area (Å²) in [6.07, 6.45) is 0.637. The molecular formula is C28H36F2N4. The predicted molar refractivity (Wildman–Crippen MR) is 136 cm³/mol. The smallest absolute Gasteiger partial charge is 0.154 e. The van der Waals surface area contributed by atoms with Gasteiger partial charge in [0.2, 0.25) is 0 Å². The van der Waals surface area contributed by atoms with Gasteiger partial charge in [-0.05, 0) is 46.6 Å². The molecule has 2 heterocycles. The fourth-order valence-electron chi connectivity index (χ4n) is 5.07. The Bertz CT molecular complexity index is 1370. The van der Waals surface area contributed by atoms with Gasteiger partial charge >= 0.3 is 0 Å². The number of aromatic nitrogens is 4. The van der Waals surface area contributed by atoms with Crippen LogP contribution < -0.4 is 0 Å². The Hall–Kier alpha value is -2.76. The van der Waals surface area contributed by atoms with Crippen LogP contribution >= 0.6 is 0 Å². The fourth-order valence-corrected chi connectivity index (χ4v) is 5.07. The van der Waals surface area contributed by atoms with Crippen LogP contribution in [-0.4, -0.2) is 19.9 Å². The first kappa shape index (κ1) is 24.4. The molecule has 0 saturated carbocycles. The Morgan fingerprint density at radius 2 is 1.50 bits per heavy atom. The van der Waals surface area contributed by atoms with E-state index in [0.717, 1.165) is 17.2 Å². The lowest BCUT2D eigenvalue weighted by molar-refractivity contribution is 0.330. The van der Waals surface area contributed by atoms with Gasteiger partial charge in [0.05, 0.1) is 16.6 Å². The molecule has 34 heavy (non-hydrogen) atoms. The molecule has 0 aliphatic rings. The number of hydrogen-bond donors (Lipinski definition) is 2. The normalized spacial score (nSPS) is 13.5. The highest BCUT2D eigenvalue weighted by Crippen LogP contribution is 2.41. The number of hydrogen-bond acceptors (Lipinski definition) is 2. The summed E-state index contributed by atoms with van der Waals surface area (Å²) >= 11 is 0. The van der Waals surface area contributed by atoms with Crippen molar-refractivity contribution < 1.29 is 8.78 Å². The van der Waals surface area contributed by atoms with Gasteiger partial charge in [-0.2, -0.15) is 0 Å². The molecule has 2 aromatic heterocycles. The summed E-state index contributed by atoms with van der Waals surface area (Å²) in [7, 11) is 0. The van der Waals surface area contributed by atoms with Crippen molar-refractivity contribution in [2.75, 3.05) is 0 Å². The van der Waals surface area contributed by atoms with Crippen LogP contribution in [0.4, 0.5) is 8.78 Å². The number of rotatable bonds is 5. The SMILES string of the molecule is CC(C)c1nc2c(F)c(C(C)(C)CC(C)(C)c3nc4cc(C(C)(C)C)c(F)cc4[nH]3)ccc2[nH]1. The van der Waals surface area contributed by atoms with Crippen molar-refractivity contribution in [1.82, 2.24) is 19.9 Å². The molecule has 0 radical (unpaired) electrons. The van der Waals surface area contributed by atoms with Crippen LogP contribution in [0.25, 0.3) is 22.1 Å². The van der Waals surface area contributed by atoms with E-state index in [0.29, 0.717) is 34.1 Å². The predicted octanol–water partition coefficient (Wildman–Crippen LogP) is 7.78. The molecule has 182 valence electrons. The van der Waals surface area contributed by atoms with Crippen molar-refractivity contribution in [1.29, 1.82) is 0 Å². The lowest BCUT2D eigenvalue weighted by atomic mass is 9.71. The summed E-state index contributed by atoms with van der Waals surface area (Å²) in [6.45, 7) is 18.3. The molecule has 2 N–H and O–H groups in total. The van der Waals surface area contributed by atoms with Crippen LogP contribution in [0.3, 0.4) is 0 Å². The van der Waals surface area contributed by atoms with Gasteiger partial charge in [0.25, 0.3) is 0 Å². The van der Waals surface area contributed by atoms with Crippen LogP contribution in [0.2, 0.25) is 0 Å². The van der Waals surface area contributed by atoms with Crippen molar-refractivity contribution in [3.05, 3.63) is 58.7 Å². The zero-order valence-electron chi connectivity index (χ0n) is 21.7. The lowest BCUT2D eigenvalue weighted by Crippen LogP contribution is -2.31. The molecule has 0 aliphatic heterocycles. The van der Waals surface area contributed by atoms with E-state index in [1.165, 1.54) is 6.07 Å². The Morgan fingerprint density at radius 3 is 2.12 bits per heavy atom. The van der Waals surface area contributed by atoms with Crippen molar-refractivity contribution >= 4 is 22.1 Å². The van der Waals surface area contributed by atoms with Crippen molar-refractivity contribution in [3.63, 3.8) is 0 Å². The number of H-pyrrole nitrogens is 2. The summed E-state index contributed by atoms with van der Waals surface area (Å²) in [5, 5.41) is 0. The van der Waals surface area contributed by atoms with E-state index in [-0.39, 0.29) is 23.0 Å². The molecule has 4 rings (SSSR count). The molecule has 0 spiro atoms. The minimum atomic E-state index is -0.487. The van der Waals surface area contributed by atoms with Crippen LogP contribution in [0.1, 0.15) is 97.4 Å². The number of fused-ring (bicyclic) bond motifs is 2. The summed E-state index contributed by atoms with van der Waals surface area (Å²) in [4.78, 5) is 15.9. The van der Waals surface area contributed by atoms with Gasteiger partial charge in [0.15, 0.2) is 5.82 Å². The quantitative estimate of drug-likeness (QED) is 0.315. The summed E-state index contributed by atoms with van der Waals surface area (Å²) < 4.78 is 30.4. The molecule has 0 fully saturated rings. The van der Waals surface area contributed by atoms with Crippen molar-refractivity contribution in [2.24, 2.45) is 0 Å². The first-order valence-electron chi connectivity index (χ1n) is 12.0. The molecule has 6 heteroatoms. The number of nitrogens with zero attached hydrogens (tertiary/aromatic N) is 2. The Balaban J connectivity index is 1.71. The van der Waals surface area contributed by atoms with Crippen LogP contribution in [0.5, 0.6) is 0 Å². The standard InChI is InChI=1S/C28H36F2N4/c1-15(2)24-31-19-11-10-16(22(30)23(19)34-24)27(6,7)14-28(8,9)25-32-20-12-17(26(3,4)5)18(29)13-21(20)33-25/h10-13,15H,14H2,1-9H3,(H,31,34)(H,32,33). The molecule has 0 bridgehead atoms. The van der Waals surface area contributed by atoms with Crippen molar-refractivity contribution in [2.45, 2.75) is 90.9 Å². The van der Waals surface area contributed by atoms with Gasteiger partial charge in [-0.3, -0.25) is 0 Å². The summed E-state index contributed by atoms with van der Waals surface area (Å²) in [6, 6.07) is 7.15. The highest BCUT2D eigenvalue weighted by Gasteiger charge is 2.36. The van der Waals surface area contributed by atoms with E-state index in [9.17, 15) is 4.39 Å². The highest BCUT2D eigenvalue weighted by molar-refractivity contribution is 5.78. The van der Waals surface area contributed by atoms with E-state index in [2.05, 4.69) is 42.6 Å². The number of aromatic amines is 2. The lowest BCUT2D eigenvalue weighted by Gasteiger charge is -2.34. The third-order valence-corrected chi connectivity index (χ3v) is 6.79. The van der Waals surface area contributed by atoms with Gasteiger partial charge in [0.1, 0.15) is 23.0 Å².